The van der Waals surface area contributed by atoms with Gasteiger partial charge in [-0.15, -0.1) is 0 Å². The molecule has 0 amide bonds. The topological polar surface area (TPSA) is 80.1 Å². The first-order valence-corrected chi connectivity index (χ1v) is 42.1. The van der Waals surface area contributed by atoms with Crippen LogP contribution in [0.15, 0.2) is 241 Å². The molecule has 0 spiro atoms. The highest BCUT2D eigenvalue weighted by Crippen LogP contribution is 2.58. The normalized spacial score (nSPS) is 16.3. The number of ether oxygens (including phenoxy) is 4. The third-order valence-electron chi connectivity index (χ3n) is 22.1. The molecule has 10 heterocycles. The van der Waals surface area contributed by atoms with E-state index in [1.807, 2.05) is 48.5 Å². The molecule has 0 saturated carbocycles. The second-order valence-electron chi connectivity index (χ2n) is 31.0. The van der Waals surface area contributed by atoms with Crippen LogP contribution in [0.25, 0.3) is 89.0 Å². The zero-order chi connectivity index (χ0) is 73.6. The van der Waals surface area contributed by atoms with Crippen LogP contribution in [0.5, 0.6) is 34.5 Å². The Bertz CT molecular complexity index is 5060. The van der Waals surface area contributed by atoms with Crippen molar-refractivity contribution < 1.29 is 27.8 Å². The highest BCUT2D eigenvalue weighted by molar-refractivity contribution is 6.75. The average molecular weight is 1420 g/mol. The van der Waals surface area contributed by atoms with Crippen molar-refractivity contribution in [3.05, 3.63) is 253 Å². The van der Waals surface area contributed by atoms with Gasteiger partial charge < -0.3 is 27.8 Å². The number of rotatable bonds is 6. The number of benzene rings is 11. The van der Waals surface area contributed by atoms with E-state index in [2.05, 4.69) is 323 Å². The third kappa shape index (κ3) is 13.8. The number of nitrogens with zero attached hydrogens (tertiary/aromatic N) is 2. The molecule has 0 N–H and O–H groups in total. The lowest BCUT2D eigenvalue weighted by Gasteiger charge is -2.36. The van der Waals surface area contributed by atoms with E-state index in [9.17, 15) is 0 Å². The predicted octanol–water partition coefficient (Wildman–Crippen LogP) is 23.4. The Labute approximate surface area is 626 Å². The Kier molecular flexibility index (Phi) is 18.5. The quantitative estimate of drug-likeness (QED) is 0.122. The summed E-state index contributed by atoms with van der Waals surface area (Å²) < 4.78 is 38.5. The molecule has 2 unspecified atom stereocenters. The Morgan fingerprint density at radius 2 is 0.575 bits per heavy atom. The van der Waals surface area contributed by atoms with Crippen LogP contribution < -0.4 is 27.8 Å². The lowest BCUT2D eigenvalue weighted by atomic mass is 9.77. The van der Waals surface area contributed by atoms with Gasteiger partial charge in [0.2, 0.25) is 16.6 Å². The fourth-order valence-corrected chi connectivity index (χ4v) is 16.0. The highest BCUT2D eigenvalue weighted by Gasteiger charge is 2.46. The van der Waals surface area contributed by atoms with Crippen LogP contribution in [0.4, 0.5) is 11.4 Å². The average Bonchev–Trinajstić information content (AvgIpc) is 1.53. The summed E-state index contributed by atoms with van der Waals surface area (Å²) in [7, 11) is -4.23. The van der Waals surface area contributed by atoms with Crippen LogP contribution in [0, 0.1) is 47.4 Å². The molecule has 0 fully saturated rings. The van der Waals surface area contributed by atoms with Crippen molar-refractivity contribution in [2.45, 2.75) is 102 Å². The van der Waals surface area contributed by atoms with Gasteiger partial charge in [-0.3, -0.25) is 9.98 Å². The second-order valence-corrected chi connectivity index (χ2v) is 40.5. The van der Waals surface area contributed by atoms with Gasteiger partial charge in [-0.1, -0.05) is 175 Å². The van der Waals surface area contributed by atoms with Crippen molar-refractivity contribution in [3.8, 4) is 171 Å². The molecule has 12 aliphatic rings. The molecule has 106 heavy (non-hydrogen) atoms. The Balaban J connectivity index is 0.973. The van der Waals surface area contributed by atoms with E-state index >= 15 is 0 Å². The van der Waals surface area contributed by atoms with Gasteiger partial charge in [0.1, 0.15) is 60.9 Å². The van der Waals surface area contributed by atoms with E-state index in [-0.39, 0.29) is 36.5 Å². The Hall–Kier alpha value is -11.8. The molecule has 2 aliphatic carbocycles. The van der Waals surface area contributed by atoms with Gasteiger partial charge in [0.15, 0.2) is 0 Å². The predicted molar refractivity (Wildman–Crippen MR) is 441 cm³/mol. The lowest BCUT2D eigenvalue weighted by molar-refractivity contribution is 0.370. The minimum atomic E-state index is -2.11. The van der Waals surface area contributed by atoms with Gasteiger partial charge in [-0.05, 0) is 284 Å². The molecule has 8 nitrogen and oxygen atoms in total. The number of fused-ring (bicyclic) bond motifs is 4. The van der Waals surface area contributed by atoms with Crippen LogP contribution >= 0.6 is 0 Å². The van der Waals surface area contributed by atoms with Crippen molar-refractivity contribution in [2.24, 2.45) is 9.98 Å². The second kappa shape index (κ2) is 28.0. The van der Waals surface area contributed by atoms with Gasteiger partial charge >= 0.3 is 0 Å². The summed E-state index contributed by atoms with van der Waals surface area (Å²) in [4.78, 5) is 11.7. The smallest absolute Gasteiger partial charge is 0.250 e. The van der Waals surface area contributed by atoms with E-state index in [4.69, 9.17) is 37.8 Å². The van der Waals surface area contributed by atoms with Gasteiger partial charge in [0, 0.05) is 34.7 Å². The van der Waals surface area contributed by atoms with Crippen molar-refractivity contribution in [2.75, 3.05) is 26.4 Å². The van der Waals surface area contributed by atoms with Crippen molar-refractivity contribution in [1.82, 2.24) is 0 Å². The van der Waals surface area contributed by atoms with E-state index in [1.165, 1.54) is 0 Å². The lowest BCUT2D eigenvalue weighted by Crippen LogP contribution is -2.43. The first-order valence-electron chi connectivity index (χ1n) is 36.3. The maximum absolute atomic E-state index is 6.84. The maximum Gasteiger partial charge on any atom is 0.250 e. The minimum Gasteiger partial charge on any atom is -0.544 e. The molecule has 522 valence electrons. The first kappa shape index (κ1) is 69.9. The highest BCUT2D eigenvalue weighted by atomic mass is 28.4. The fourth-order valence-electron chi connectivity index (χ4n) is 14.0. The van der Waals surface area contributed by atoms with Crippen LogP contribution in [0.3, 0.4) is 0 Å². The number of aliphatic imine (C=N–C) groups is 2. The van der Waals surface area contributed by atoms with Crippen LogP contribution in [-0.2, 0) is 10.8 Å². The molecular formula is C96H84N2O6Si2. The SMILES string of the molecule is CC12C=Nc3c4cccc3-c3ccc(cc3)OCC#CC#CCOc3ccc(cc3)-c3cccc(c3N=CC3(C)c5cc(-c6ccc(O[Si](C)(C)C(C)(C)C)cc6)ccc5-c5cc1c(cc53)-c1ccc(-c3ccc(O[Si](C)(C)C(C)(C)C)cc3)cc12)-c1ccc(cc1)OCC#CC#CCOc1ccc-4cc1. The van der Waals surface area contributed by atoms with Gasteiger partial charge in [0.05, 0.1) is 22.2 Å². The first-order chi connectivity index (χ1) is 51.0. The minimum absolute atomic E-state index is 0.0463. The van der Waals surface area contributed by atoms with Crippen molar-refractivity contribution in [3.63, 3.8) is 0 Å². The zero-order valence-corrected chi connectivity index (χ0v) is 64.3. The zero-order valence-electron chi connectivity index (χ0n) is 62.3. The summed E-state index contributed by atoms with van der Waals surface area (Å²) in [6, 6.07) is 81.7. The summed E-state index contributed by atoms with van der Waals surface area (Å²) in [5.41, 5.74) is 21.2. The van der Waals surface area contributed by atoms with Crippen LogP contribution in [0.2, 0.25) is 36.3 Å². The number of para-hydroxylation sites is 2. The summed E-state index contributed by atoms with van der Waals surface area (Å²) in [6.45, 7) is 28.2. The maximum atomic E-state index is 6.84. The molecule has 0 radical (unpaired) electrons. The Morgan fingerprint density at radius 3 is 0.858 bits per heavy atom. The van der Waals surface area contributed by atoms with E-state index in [0.29, 0.717) is 23.0 Å². The molecule has 10 aliphatic heterocycles. The Morgan fingerprint density at radius 1 is 0.311 bits per heavy atom. The molecule has 10 heteroatoms. The molecule has 2 atom stereocenters. The number of hydrogen-bond acceptors (Lipinski definition) is 8. The summed E-state index contributed by atoms with van der Waals surface area (Å²) in [5, 5.41) is 0.0926. The monoisotopic (exact) mass is 1420 g/mol. The molecule has 0 aromatic heterocycles. The van der Waals surface area contributed by atoms with E-state index < -0.39 is 27.5 Å². The molecular weight excluding hydrogens is 1330 g/mol. The van der Waals surface area contributed by atoms with Crippen LogP contribution in [-0.4, -0.2) is 55.5 Å². The molecule has 11 aromatic rings. The van der Waals surface area contributed by atoms with Gasteiger partial charge in [-0.25, -0.2) is 0 Å². The third-order valence-corrected chi connectivity index (χ3v) is 30.8. The molecule has 23 rings (SSSR count). The van der Waals surface area contributed by atoms with Crippen LogP contribution in [0.1, 0.15) is 77.6 Å². The largest absolute Gasteiger partial charge is 0.544 e. The molecule has 11 aromatic carbocycles. The van der Waals surface area contributed by atoms with Gasteiger partial charge in [0.25, 0.3) is 0 Å². The standard InChI is InChI=1S/C96H84N2O6Si2/c1-93(2,3)105(9,10)103-77-49-27-65(28-50-77)71-39-53-83-85-61-90-86-62-89(85)95(7,87(83)59-71)63-97-91-79-23-21-24-80(91)68-33-43-74(44-34-68)100-56-18-14-16-20-58-102-76-47-37-70(38-48-76)82-26-22-25-81(69-35-45-75(46-36-69)101-57-19-15-13-17-55-99-73-41-31-67(79)32-42-73)92(82)98-64-96(90,8)88-60-72(40-54-84(86)88)66-29-51-78(52-30-66)104-106(11,12)94(4,5)6/h21-54,59-64H,55-58H2,1-12H3. The van der Waals surface area contributed by atoms with Gasteiger partial charge in [-0.2, -0.15) is 0 Å². The van der Waals surface area contributed by atoms with E-state index in [0.717, 1.165) is 134 Å². The number of hydrogen-bond donors (Lipinski definition) is 0. The summed E-state index contributed by atoms with van der Waals surface area (Å²) in [5.74, 6) is 28.5. The van der Waals surface area contributed by atoms with Crippen molar-refractivity contribution >= 4 is 40.4 Å². The van der Waals surface area contributed by atoms with E-state index in [1.54, 1.807) is 0 Å². The summed E-state index contributed by atoms with van der Waals surface area (Å²) >= 11 is 0. The van der Waals surface area contributed by atoms with Crippen molar-refractivity contribution in [1.29, 1.82) is 0 Å². The molecule has 16 bridgehead atoms. The summed E-state index contributed by atoms with van der Waals surface area (Å²) in [6.07, 6.45) is 4.41. The molecule has 0 saturated heterocycles. The fraction of sp³-hybridized carbons (Fsp3) is 0.208.